The Hall–Kier alpha value is -2.38. The van der Waals surface area contributed by atoms with E-state index in [1.807, 2.05) is 20.1 Å². The molecule has 0 aromatic rings. The molecule has 10 N–H and O–H groups in total. The third kappa shape index (κ3) is 12.2. The Morgan fingerprint density at radius 2 is 1.44 bits per heavy atom. The molecule has 0 bridgehead atoms. The highest BCUT2D eigenvalue weighted by molar-refractivity contribution is 7.98. The van der Waals surface area contributed by atoms with Crippen molar-refractivity contribution in [1.29, 1.82) is 0 Å². The number of rotatable bonds is 18. The molecule has 5 atom stereocenters. The zero-order valence-electron chi connectivity index (χ0n) is 20.2. The monoisotopic (exact) mass is 504 g/mol. The topological polar surface area (TPSA) is 220 Å². The average molecular weight is 505 g/mol. The van der Waals surface area contributed by atoms with E-state index in [0.29, 0.717) is 38.0 Å². The van der Waals surface area contributed by atoms with Crippen LogP contribution in [0.2, 0.25) is 0 Å². The third-order valence-electron chi connectivity index (χ3n) is 5.40. The van der Waals surface area contributed by atoms with Gasteiger partial charge in [0.25, 0.3) is 0 Å². The van der Waals surface area contributed by atoms with Crippen molar-refractivity contribution in [2.45, 2.75) is 76.5 Å². The number of amides is 4. The first-order chi connectivity index (χ1) is 16.0. The van der Waals surface area contributed by atoms with Crippen LogP contribution >= 0.6 is 11.8 Å². The lowest BCUT2D eigenvalue weighted by atomic mass is 9.99. The predicted octanol–water partition coefficient (Wildman–Crippen LogP) is -1.34. The maximum Gasteiger partial charge on any atom is 0.326 e. The average Bonchev–Trinajstić information content (AvgIpc) is 2.78. The molecule has 13 heteroatoms. The summed E-state index contributed by atoms with van der Waals surface area (Å²) in [5.41, 5.74) is 16.6. The number of thioether (sulfide) groups is 1. The van der Waals surface area contributed by atoms with E-state index < -0.39 is 60.2 Å². The predicted molar refractivity (Wildman–Crippen MR) is 131 cm³/mol. The second kappa shape index (κ2) is 17.1. The van der Waals surface area contributed by atoms with E-state index in [9.17, 15) is 29.1 Å². The van der Waals surface area contributed by atoms with E-state index in [1.165, 1.54) is 11.8 Å². The molecule has 0 radical (unpaired) electrons. The Bertz CT molecular complexity index is 695. The summed E-state index contributed by atoms with van der Waals surface area (Å²) in [6.07, 6.45) is 3.52. The summed E-state index contributed by atoms with van der Waals surface area (Å²) >= 11 is 1.49. The first-order valence-electron chi connectivity index (χ1n) is 11.3. The van der Waals surface area contributed by atoms with Crippen LogP contribution < -0.4 is 33.2 Å². The number of unbranched alkanes of at least 4 members (excludes halogenated alkanes) is 1. The lowest BCUT2D eigenvalue weighted by Gasteiger charge is -2.26. The normalized spacial score (nSPS) is 15.3. The SMILES string of the molecule is CCC(C)C(N)C(=O)NC(CCSC)C(=O)NC(CCCCN)C(=O)NC(CC(N)=O)C(=O)O. The van der Waals surface area contributed by atoms with Gasteiger partial charge in [-0.25, -0.2) is 4.79 Å². The molecule has 5 unspecified atom stereocenters. The number of primary amides is 1. The van der Waals surface area contributed by atoms with Crippen LogP contribution in [0.25, 0.3) is 0 Å². The van der Waals surface area contributed by atoms with Crippen molar-refractivity contribution in [2.75, 3.05) is 18.6 Å². The molecule has 0 saturated heterocycles. The maximum atomic E-state index is 13.0. The molecule has 4 amide bonds. The van der Waals surface area contributed by atoms with Gasteiger partial charge in [0, 0.05) is 0 Å². The summed E-state index contributed by atoms with van der Waals surface area (Å²) in [4.78, 5) is 60.9. The number of hydrogen-bond acceptors (Lipinski definition) is 8. The van der Waals surface area contributed by atoms with Gasteiger partial charge in [0.1, 0.15) is 18.1 Å². The minimum Gasteiger partial charge on any atom is -0.480 e. The van der Waals surface area contributed by atoms with Gasteiger partial charge in [-0.15, -0.1) is 0 Å². The van der Waals surface area contributed by atoms with Gasteiger partial charge in [0.15, 0.2) is 0 Å². The van der Waals surface area contributed by atoms with E-state index in [0.717, 1.165) is 0 Å². The van der Waals surface area contributed by atoms with Gasteiger partial charge in [-0.2, -0.15) is 11.8 Å². The van der Waals surface area contributed by atoms with Crippen LogP contribution in [0.15, 0.2) is 0 Å². The first kappa shape index (κ1) is 31.6. The smallest absolute Gasteiger partial charge is 0.326 e. The number of carbonyl (C=O) groups is 5. The molecule has 12 nitrogen and oxygen atoms in total. The highest BCUT2D eigenvalue weighted by atomic mass is 32.2. The Morgan fingerprint density at radius 3 is 1.91 bits per heavy atom. The number of nitrogens with one attached hydrogen (secondary N) is 3. The van der Waals surface area contributed by atoms with Gasteiger partial charge in [-0.3, -0.25) is 19.2 Å². The molecule has 0 spiro atoms. The molecule has 0 aliphatic heterocycles. The van der Waals surface area contributed by atoms with Crippen LogP contribution in [0.3, 0.4) is 0 Å². The second-order valence-electron chi connectivity index (χ2n) is 8.17. The van der Waals surface area contributed by atoms with Crippen LogP contribution in [0.5, 0.6) is 0 Å². The van der Waals surface area contributed by atoms with Crippen molar-refractivity contribution in [1.82, 2.24) is 16.0 Å². The maximum absolute atomic E-state index is 13.0. The Kier molecular flexibility index (Phi) is 15.9. The fourth-order valence-electron chi connectivity index (χ4n) is 2.99. The molecule has 0 aromatic heterocycles. The molecule has 0 aliphatic rings. The van der Waals surface area contributed by atoms with Crippen LogP contribution in [-0.2, 0) is 24.0 Å². The second-order valence-corrected chi connectivity index (χ2v) is 9.16. The van der Waals surface area contributed by atoms with E-state index in [4.69, 9.17) is 17.2 Å². The number of aliphatic carboxylic acids is 1. The number of carbonyl (C=O) groups excluding carboxylic acids is 4. The lowest BCUT2D eigenvalue weighted by Crippen LogP contribution is -2.58. The van der Waals surface area contributed by atoms with Gasteiger partial charge in [0.2, 0.25) is 23.6 Å². The van der Waals surface area contributed by atoms with Crippen LogP contribution in [0, 0.1) is 5.92 Å². The van der Waals surface area contributed by atoms with Gasteiger partial charge < -0.3 is 38.3 Å². The molecule has 0 aliphatic carbocycles. The minimum atomic E-state index is -1.53. The van der Waals surface area contributed by atoms with Gasteiger partial charge in [-0.1, -0.05) is 20.3 Å². The Balaban J connectivity index is 5.52. The van der Waals surface area contributed by atoms with Crippen molar-refractivity contribution in [3.8, 4) is 0 Å². The zero-order chi connectivity index (χ0) is 26.3. The summed E-state index contributed by atoms with van der Waals surface area (Å²) in [5.74, 6) is -3.67. The standard InChI is InChI=1S/C21H40N6O6S/c1-4-12(2)17(24)20(31)26-14(8-10-34-3)19(30)25-13(7-5-6-9-22)18(29)27-15(21(32)33)11-16(23)28/h12-15,17H,4-11,22,24H2,1-3H3,(H2,23,28)(H,25,30)(H,26,31)(H,27,29)(H,32,33). The van der Waals surface area contributed by atoms with Crippen molar-refractivity contribution in [2.24, 2.45) is 23.1 Å². The number of nitrogens with two attached hydrogens (primary N) is 3. The zero-order valence-corrected chi connectivity index (χ0v) is 21.0. The fourth-order valence-corrected chi connectivity index (χ4v) is 3.46. The van der Waals surface area contributed by atoms with E-state index >= 15 is 0 Å². The van der Waals surface area contributed by atoms with Crippen LogP contribution in [0.4, 0.5) is 0 Å². The molecule has 0 saturated carbocycles. The Labute approximate surface area is 204 Å². The summed E-state index contributed by atoms with van der Waals surface area (Å²) in [6, 6.07) is -4.34. The van der Waals surface area contributed by atoms with Gasteiger partial charge in [0.05, 0.1) is 12.5 Å². The summed E-state index contributed by atoms with van der Waals surface area (Å²) in [6.45, 7) is 4.12. The van der Waals surface area contributed by atoms with Crippen LogP contribution in [0.1, 0.15) is 52.4 Å². The molecule has 0 aromatic carbocycles. The van der Waals surface area contributed by atoms with Crippen molar-refractivity contribution in [3.05, 3.63) is 0 Å². The molecule has 0 rings (SSSR count). The lowest BCUT2D eigenvalue weighted by molar-refractivity contribution is -0.143. The Morgan fingerprint density at radius 1 is 0.912 bits per heavy atom. The molecule has 0 fully saturated rings. The van der Waals surface area contributed by atoms with Crippen molar-refractivity contribution in [3.63, 3.8) is 0 Å². The van der Waals surface area contributed by atoms with Gasteiger partial charge in [-0.05, 0) is 50.2 Å². The first-order valence-corrected chi connectivity index (χ1v) is 12.7. The van der Waals surface area contributed by atoms with E-state index in [1.54, 1.807) is 0 Å². The minimum absolute atomic E-state index is 0.0859. The van der Waals surface area contributed by atoms with Crippen molar-refractivity contribution >= 4 is 41.4 Å². The number of carboxylic acid groups (broad SMARTS) is 1. The summed E-state index contributed by atoms with van der Waals surface area (Å²) in [7, 11) is 0. The highest BCUT2D eigenvalue weighted by Crippen LogP contribution is 2.09. The van der Waals surface area contributed by atoms with Crippen LogP contribution in [-0.4, -0.2) is 77.4 Å². The van der Waals surface area contributed by atoms with Gasteiger partial charge >= 0.3 is 5.97 Å². The third-order valence-corrected chi connectivity index (χ3v) is 6.05. The highest BCUT2D eigenvalue weighted by Gasteiger charge is 2.31. The molecule has 196 valence electrons. The van der Waals surface area contributed by atoms with E-state index in [2.05, 4.69) is 16.0 Å². The molecule has 0 heterocycles. The molecular formula is C21H40N6O6S. The molecular weight excluding hydrogens is 464 g/mol. The largest absolute Gasteiger partial charge is 0.480 e. The quantitative estimate of drug-likeness (QED) is 0.110. The van der Waals surface area contributed by atoms with E-state index in [-0.39, 0.29) is 12.3 Å². The summed E-state index contributed by atoms with van der Waals surface area (Å²) in [5, 5.41) is 16.8. The fraction of sp³-hybridized carbons (Fsp3) is 0.762. The number of carboxylic acids is 1. The molecule has 34 heavy (non-hydrogen) atoms. The number of hydrogen-bond donors (Lipinski definition) is 7. The summed E-state index contributed by atoms with van der Waals surface area (Å²) < 4.78 is 0. The van der Waals surface area contributed by atoms with Crippen molar-refractivity contribution < 1.29 is 29.1 Å².